The Morgan fingerprint density at radius 2 is 1.82 bits per heavy atom. The average molecular weight is 244 g/mol. The monoisotopic (exact) mass is 244 g/mol. The van der Waals surface area contributed by atoms with Crippen LogP contribution in [0.25, 0.3) is 0 Å². The van der Waals surface area contributed by atoms with E-state index in [2.05, 4.69) is 0 Å². The Morgan fingerprint density at radius 1 is 1.29 bits per heavy atom. The van der Waals surface area contributed by atoms with Crippen molar-refractivity contribution in [1.29, 1.82) is 0 Å². The van der Waals surface area contributed by atoms with E-state index in [1.54, 1.807) is 6.92 Å². The highest BCUT2D eigenvalue weighted by molar-refractivity contribution is 5.75. The molecule has 0 aromatic carbocycles. The molecule has 0 spiro atoms. The molecule has 0 aromatic rings. The number of aliphatic carboxylic acids is 1. The lowest BCUT2D eigenvalue weighted by atomic mass is 9.82. The first-order chi connectivity index (χ1) is 7.79. The van der Waals surface area contributed by atoms with Gasteiger partial charge in [0.1, 0.15) is 0 Å². The van der Waals surface area contributed by atoms with Gasteiger partial charge in [0.2, 0.25) is 5.91 Å². The summed E-state index contributed by atoms with van der Waals surface area (Å²) in [6.07, 6.45) is 0.385. The van der Waals surface area contributed by atoms with Gasteiger partial charge in [0.15, 0.2) is 0 Å². The van der Waals surface area contributed by atoms with Gasteiger partial charge >= 0.3 is 5.97 Å². The third-order valence-electron chi connectivity index (χ3n) is 3.29. The van der Waals surface area contributed by atoms with Crippen molar-refractivity contribution in [3.63, 3.8) is 0 Å². The van der Waals surface area contributed by atoms with Crippen molar-refractivity contribution in [3.05, 3.63) is 0 Å². The van der Waals surface area contributed by atoms with Crippen molar-refractivity contribution >= 4 is 11.9 Å². The Balaban J connectivity index is 4.58. The minimum absolute atomic E-state index is 0.0457. The van der Waals surface area contributed by atoms with Gasteiger partial charge in [-0.15, -0.1) is 0 Å². The van der Waals surface area contributed by atoms with Crippen LogP contribution in [0.4, 0.5) is 0 Å². The Morgan fingerprint density at radius 3 is 2.18 bits per heavy atom. The number of nitrogens with zero attached hydrogens (tertiary/aromatic N) is 1. The predicted octanol–water partition coefficient (Wildman–Crippen LogP) is 1.48. The molecule has 0 aromatic heterocycles. The molecule has 0 heterocycles. The molecule has 5 heteroatoms. The lowest BCUT2D eigenvalue weighted by Crippen LogP contribution is -2.43. The number of hydrazine groups is 1. The third-order valence-corrected chi connectivity index (χ3v) is 3.29. The molecule has 0 aliphatic carbocycles. The van der Waals surface area contributed by atoms with Gasteiger partial charge in [-0.05, 0) is 17.8 Å². The van der Waals surface area contributed by atoms with Crippen LogP contribution in [0.1, 0.15) is 40.5 Å². The molecule has 2 unspecified atom stereocenters. The van der Waals surface area contributed by atoms with E-state index < -0.39 is 5.97 Å². The van der Waals surface area contributed by atoms with Crippen LogP contribution >= 0.6 is 0 Å². The van der Waals surface area contributed by atoms with Gasteiger partial charge in [0.25, 0.3) is 0 Å². The number of hydrogen-bond donors (Lipinski definition) is 2. The zero-order valence-corrected chi connectivity index (χ0v) is 11.1. The topological polar surface area (TPSA) is 83.6 Å². The van der Waals surface area contributed by atoms with Crippen LogP contribution in [0.2, 0.25) is 0 Å². The maximum absolute atomic E-state index is 11.4. The molecule has 0 radical (unpaired) electrons. The summed E-state index contributed by atoms with van der Waals surface area (Å²) < 4.78 is 0. The summed E-state index contributed by atoms with van der Waals surface area (Å²) in [6.45, 7) is 8.13. The van der Waals surface area contributed by atoms with E-state index in [1.807, 2.05) is 20.8 Å². The molecule has 0 fully saturated rings. The molecule has 3 N–H and O–H groups in total. The molecule has 17 heavy (non-hydrogen) atoms. The summed E-state index contributed by atoms with van der Waals surface area (Å²) in [4.78, 5) is 22.2. The normalized spacial score (nSPS) is 14.5. The number of rotatable bonds is 7. The zero-order valence-electron chi connectivity index (χ0n) is 11.1. The molecule has 0 aliphatic rings. The van der Waals surface area contributed by atoms with E-state index >= 15 is 0 Å². The summed E-state index contributed by atoms with van der Waals surface area (Å²) in [6, 6.07) is 0. The molecular weight excluding hydrogens is 220 g/mol. The lowest BCUT2D eigenvalue weighted by Gasteiger charge is -2.29. The van der Waals surface area contributed by atoms with E-state index in [-0.39, 0.29) is 24.2 Å². The van der Waals surface area contributed by atoms with E-state index in [1.165, 1.54) is 0 Å². The van der Waals surface area contributed by atoms with Crippen molar-refractivity contribution in [2.24, 2.45) is 23.6 Å². The van der Waals surface area contributed by atoms with Crippen LogP contribution in [0.15, 0.2) is 0 Å². The first-order valence-corrected chi connectivity index (χ1v) is 6.06. The predicted molar refractivity (Wildman–Crippen MR) is 65.9 cm³/mol. The largest absolute Gasteiger partial charge is 0.481 e. The van der Waals surface area contributed by atoms with Crippen molar-refractivity contribution in [3.8, 4) is 0 Å². The summed E-state index contributed by atoms with van der Waals surface area (Å²) in [7, 11) is 0. The number of hydrogen-bond acceptors (Lipinski definition) is 3. The van der Waals surface area contributed by atoms with E-state index in [0.29, 0.717) is 18.9 Å². The molecule has 0 rings (SSSR count). The standard InChI is InChI=1S/C12H24N2O3/c1-5-11(15)14(13)7-10(6-12(16)17)9(4)8(2)3/h8-10H,5-7,13H2,1-4H3,(H,16,17). The molecule has 100 valence electrons. The van der Waals surface area contributed by atoms with E-state index in [0.717, 1.165) is 5.01 Å². The van der Waals surface area contributed by atoms with Crippen LogP contribution in [-0.4, -0.2) is 28.5 Å². The third kappa shape index (κ3) is 5.68. The second-order valence-corrected chi connectivity index (χ2v) is 4.86. The molecule has 0 saturated heterocycles. The maximum atomic E-state index is 11.4. The summed E-state index contributed by atoms with van der Waals surface area (Å²) in [5.41, 5.74) is 0. The molecule has 5 nitrogen and oxygen atoms in total. The van der Waals surface area contributed by atoms with Crippen LogP contribution < -0.4 is 5.84 Å². The molecule has 2 atom stereocenters. The minimum Gasteiger partial charge on any atom is -0.481 e. The minimum atomic E-state index is -0.847. The zero-order chi connectivity index (χ0) is 13.6. The van der Waals surface area contributed by atoms with Gasteiger partial charge in [-0.1, -0.05) is 27.7 Å². The molecule has 0 bridgehead atoms. The highest BCUT2D eigenvalue weighted by atomic mass is 16.4. The summed E-state index contributed by atoms with van der Waals surface area (Å²) in [5.74, 6) is 5.10. The maximum Gasteiger partial charge on any atom is 0.303 e. The van der Waals surface area contributed by atoms with Gasteiger partial charge in [-0.2, -0.15) is 0 Å². The van der Waals surface area contributed by atoms with Crippen LogP contribution in [0.3, 0.4) is 0 Å². The van der Waals surface area contributed by atoms with Gasteiger partial charge in [-0.3, -0.25) is 14.6 Å². The van der Waals surface area contributed by atoms with E-state index in [4.69, 9.17) is 10.9 Å². The Hall–Kier alpha value is -1.10. The number of amides is 1. The van der Waals surface area contributed by atoms with Crippen LogP contribution in [-0.2, 0) is 9.59 Å². The highest BCUT2D eigenvalue weighted by Gasteiger charge is 2.25. The van der Waals surface area contributed by atoms with Gasteiger partial charge in [0.05, 0.1) is 6.42 Å². The van der Waals surface area contributed by atoms with Gasteiger partial charge < -0.3 is 5.11 Å². The number of carboxylic acid groups (broad SMARTS) is 1. The molecule has 1 amide bonds. The number of nitrogens with two attached hydrogens (primary N) is 1. The van der Waals surface area contributed by atoms with Crippen molar-refractivity contribution in [2.75, 3.05) is 6.54 Å². The van der Waals surface area contributed by atoms with Gasteiger partial charge in [0, 0.05) is 13.0 Å². The number of carbonyl (C=O) groups excluding carboxylic acids is 1. The lowest BCUT2D eigenvalue weighted by molar-refractivity contribution is -0.140. The quantitative estimate of drug-likeness (QED) is 0.403. The van der Waals surface area contributed by atoms with Crippen LogP contribution in [0.5, 0.6) is 0 Å². The van der Waals surface area contributed by atoms with Crippen LogP contribution in [0, 0.1) is 17.8 Å². The number of carbonyl (C=O) groups is 2. The fourth-order valence-electron chi connectivity index (χ4n) is 1.74. The summed E-state index contributed by atoms with van der Waals surface area (Å²) >= 11 is 0. The Bertz CT molecular complexity index is 266. The van der Waals surface area contributed by atoms with E-state index in [9.17, 15) is 9.59 Å². The number of carboxylic acids is 1. The fraction of sp³-hybridized carbons (Fsp3) is 0.833. The SMILES string of the molecule is CCC(=O)N(N)CC(CC(=O)O)C(C)C(C)C. The molecule has 0 saturated carbocycles. The second kappa shape index (κ2) is 7.27. The second-order valence-electron chi connectivity index (χ2n) is 4.86. The average Bonchev–Trinajstić information content (AvgIpc) is 2.24. The van der Waals surface area contributed by atoms with Crippen molar-refractivity contribution in [1.82, 2.24) is 5.01 Å². The first-order valence-electron chi connectivity index (χ1n) is 6.06. The smallest absolute Gasteiger partial charge is 0.303 e. The Labute approximate surface area is 103 Å². The molecular formula is C12H24N2O3. The highest BCUT2D eigenvalue weighted by Crippen LogP contribution is 2.24. The van der Waals surface area contributed by atoms with Crippen molar-refractivity contribution < 1.29 is 14.7 Å². The fourth-order valence-corrected chi connectivity index (χ4v) is 1.74. The summed E-state index contributed by atoms with van der Waals surface area (Å²) in [5, 5.41) is 10.0. The first kappa shape index (κ1) is 15.9. The van der Waals surface area contributed by atoms with Gasteiger partial charge in [-0.25, -0.2) is 5.84 Å². The Kier molecular flexibility index (Phi) is 6.80. The van der Waals surface area contributed by atoms with Crippen molar-refractivity contribution in [2.45, 2.75) is 40.5 Å². The molecule has 0 aliphatic heterocycles.